The van der Waals surface area contributed by atoms with Crippen molar-refractivity contribution in [2.45, 2.75) is 4.90 Å². The van der Waals surface area contributed by atoms with Crippen LogP contribution < -0.4 is 9.62 Å². The zero-order chi connectivity index (χ0) is 18.7. The molecule has 0 radical (unpaired) electrons. The number of thiazole rings is 1. The van der Waals surface area contributed by atoms with Crippen molar-refractivity contribution >= 4 is 43.7 Å². The maximum Gasteiger partial charge on any atom is 0.263 e. The van der Waals surface area contributed by atoms with E-state index >= 15 is 0 Å². The Labute approximate surface area is 160 Å². The van der Waals surface area contributed by atoms with Crippen molar-refractivity contribution in [2.75, 3.05) is 9.62 Å². The Morgan fingerprint density at radius 1 is 0.926 bits per heavy atom. The minimum atomic E-state index is -3.68. The van der Waals surface area contributed by atoms with Crippen molar-refractivity contribution in [3.05, 3.63) is 78.4 Å². The molecule has 0 fully saturated rings. The van der Waals surface area contributed by atoms with Crippen LogP contribution in [-0.2, 0) is 10.0 Å². The van der Waals surface area contributed by atoms with E-state index < -0.39 is 10.0 Å². The first-order valence-electron chi connectivity index (χ1n) is 8.00. The third-order valence-electron chi connectivity index (χ3n) is 3.80. The fourth-order valence-corrected chi connectivity index (χ4v) is 4.39. The van der Waals surface area contributed by atoms with Gasteiger partial charge in [-0.25, -0.2) is 13.4 Å². The molecule has 2 N–H and O–H groups in total. The molecule has 4 rings (SSSR count). The molecular weight excluding hydrogens is 382 g/mol. The minimum absolute atomic E-state index is 0.166. The molecule has 0 unspecified atom stereocenters. The summed E-state index contributed by atoms with van der Waals surface area (Å²) in [6, 6.07) is 18.2. The van der Waals surface area contributed by atoms with E-state index in [0.29, 0.717) is 5.13 Å². The molecule has 0 bridgehead atoms. The van der Waals surface area contributed by atoms with Crippen LogP contribution in [-0.4, -0.2) is 23.6 Å². The van der Waals surface area contributed by atoms with Crippen LogP contribution in [0, 0.1) is 0 Å². The van der Waals surface area contributed by atoms with Gasteiger partial charge in [-0.1, -0.05) is 18.2 Å². The van der Waals surface area contributed by atoms with E-state index in [9.17, 15) is 8.42 Å². The smallest absolute Gasteiger partial charge is 0.263 e. The number of hydrogen-bond donors (Lipinski definition) is 2. The molecule has 0 spiro atoms. The van der Waals surface area contributed by atoms with E-state index in [1.165, 1.54) is 11.3 Å². The second-order valence-corrected chi connectivity index (χ2v) is 8.13. The van der Waals surface area contributed by atoms with Crippen LogP contribution in [0.15, 0.2) is 83.3 Å². The van der Waals surface area contributed by atoms with Gasteiger partial charge in [-0.05, 0) is 36.4 Å². The molecule has 2 aromatic heterocycles. The molecule has 7 nitrogen and oxygen atoms in total. The topological polar surface area (TPSA) is 91.0 Å². The Hall–Kier alpha value is -3.17. The molecule has 136 valence electrons. The number of nitrogens with zero attached hydrogens (tertiary/aromatic N) is 3. The van der Waals surface area contributed by atoms with Gasteiger partial charge in [0.05, 0.1) is 11.1 Å². The SMILES string of the molecule is O=S(=O)(Nc1nccs1)c1ccc(N(c2ccccc2)c2ccn[nH]2)cc1. The third kappa shape index (κ3) is 3.69. The zero-order valence-corrected chi connectivity index (χ0v) is 15.6. The standard InChI is InChI=1S/C18H15N5O2S2/c24-27(25,22-18-19-12-13-26-18)16-8-6-15(7-9-16)23(17-10-11-20-21-17)14-4-2-1-3-5-14/h1-13H,(H,19,22)(H,20,21). The highest BCUT2D eigenvalue weighted by Crippen LogP contribution is 2.33. The summed E-state index contributed by atoms with van der Waals surface area (Å²) < 4.78 is 27.5. The maximum atomic E-state index is 12.5. The van der Waals surface area contributed by atoms with Gasteiger partial charge in [-0.2, -0.15) is 5.10 Å². The normalized spacial score (nSPS) is 11.3. The van der Waals surface area contributed by atoms with Gasteiger partial charge < -0.3 is 0 Å². The first kappa shape index (κ1) is 17.3. The molecule has 2 heterocycles. The summed E-state index contributed by atoms with van der Waals surface area (Å²) in [6.07, 6.45) is 3.22. The van der Waals surface area contributed by atoms with Gasteiger partial charge in [0.2, 0.25) is 0 Å². The number of benzene rings is 2. The van der Waals surface area contributed by atoms with Crippen LogP contribution in [0.1, 0.15) is 0 Å². The summed E-state index contributed by atoms with van der Waals surface area (Å²) in [5, 5.41) is 9.01. The molecule has 0 saturated carbocycles. The Kier molecular flexibility index (Phi) is 4.61. The van der Waals surface area contributed by atoms with Crippen LogP contribution in [0.5, 0.6) is 0 Å². The van der Waals surface area contributed by atoms with Gasteiger partial charge in [-0.15, -0.1) is 11.3 Å². The summed E-state index contributed by atoms with van der Waals surface area (Å²) in [5.41, 5.74) is 1.73. The molecular formula is C18H15N5O2S2. The van der Waals surface area contributed by atoms with Crippen molar-refractivity contribution in [2.24, 2.45) is 0 Å². The van der Waals surface area contributed by atoms with Crippen molar-refractivity contribution < 1.29 is 8.42 Å². The zero-order valence-electron chi connectivity index (χ0n) is 14.0. The van der Waals surface area contributed by atoms with Gasteiger partial charge in [0.25, 0.3) is 10.0 Å². The molecule has 0 aliphatic heterocycles. The monoisotopic (exact) mass is 397 g/mol. The number of anilines is 4. The van der Waals surface area contributed by atoms with Crippen LogP contribution in [0.3, 0.4) is 0 Å². The average Bonchev–Trinajstić information content (AvgIpc) is 3.37. The number of rotatable bonds is 6. The predicted molar refractivity (Wildman–Crippen MR) is 106 cm³/mol. The van der Waals surface area contributed by atoms with Crippen molar-refractivity contribution in [3.63, 3.8) is 0 Å². The molecule has 0 aliphatic carbocycles. The third-order valence-corrected chi connectivity index (χ3v) is 5.97. The second-order valence-electron chi connectivity index (χ2n) is 5.55. The van der Waals surface area contributed by atoms with Crippen LogP contribution in [0.25, 0.3) is 0 Å². The highest BCUT2D eigenvalue weighted by Gasteiger charge is 2.18. The summed E-state index contributed by atoms with van der Waals surface area (Å²) >= 11 is 1.23. The first-order valence-corrected chi connectivity index (χ1v) is 10.4. The lowest BCUT2D eigenvalue weighted by Crippen LogP contribution is -2.14. The highest BCUT2D eigenvalue weighted by atomic mass is 32.2. The number of H-pyrrole nitrogens is 1. The number of sulfonamides is 1. The van der Waals surface area contributed by atoms with Crippen molar-refractivity contribution in [1.82, 2.24) is 15.2 Å². The van der Waals surface area contributed by atoms with E-state index in [1.54, 1.807) is 42.0 Å². The van der Waals surface area contributed by atoms with E-state index in [0.717, 1.165) is 17.2 Å². The van der Waals surface area contributed by atoms with Gasteiger partial charge in [0.15, 0.2) is 5.13 Å². The van der Waals surface area contributed by atoms with E-state index in [4.69, 9.17) is 0 Å². The molecule has 0 aliphatic rings. The summed E-state index contributed by atoms with van der Waals surface area (Å²) in [7, 11) is -3.68. The quantitative estimate of drug-likeness (QED) is 0.510. The highest BCUT2D eigenvalue weighted by molar-refractivity contribution is 7.93. The van der Waals surface area contributed by atoms with Gasteiger partial charge in [0, 0.05) is 29.0 Å². The molecule has 27 heavy (non-hydrogen) atoms. The molecule has 0 amide bonds. The number of aromatic amines is 1. The molecule has 9 heteroatoms. The van der Waals surface area contributed by atoms with Crippen LogP contribution in [0.2, 0.25) is 0 Å². The minimum Gasteiger partial charge on any atom is -0.295 e. The second kappa shape index (κ2) is 7.22. The predicted octanol–water partition coefficient (Wildman–Crippen LogP) is 4.14. The van der Waals surface area contributed by atoms with E-state index in [2.05, 4.69) is 19.9 Å². The molecule has 2 aromatic carbocycles. The van der Waals surface area contributed by atoms with Gasteiger partial charge >= 0.3 is 0 Å². The van der Waals surface area contributed by atoms with E-state index in [1.807, 2.05) is 41.3 Å². The summed E-state index contributed by atoms with van der Waals surface area (Å²) in [5.74, 6) is 0.776. The van der Waals surface area contributed by atoms with Crippen LogP contribution in [0.4, 0.5) is 22.3 Å². The molecule has 4 aromatic rings. The van der Waals surface area contributed by atoms with Gasteiger partial charge in [0.1, 0.15) is 5.82 Å². The molecule has 0 atom stereocenters. The number of hydrogen-bond acceptors (Lipinski definition) is 6. The fourth-order valence-electron chi connectivity index (χ4n) is 2.60. The molecule has 0 saturated heterocycles. The summed E-state index contributed by atoms with van der Waals surface area (Å²) in [4.78, 5) is 6.08. The Morgan fingerprint density at radius 2 is 1.67 bits per heavy atom. The lowest BCUT2D eigenvalue weighted by Gasteiger charge is -2.23. The largest absolute Gasteiger partial charge is 0.295 e. The number of aromatic nitrogens is 3. The Balaban J connectivity index is 1.67. The maximum absolute atomic E-state index is 12.5. The van der Waals surface area contributed by atoms with E-state index in [-0.39, 0.29) is 4.90 Å². The Morgan fingerprint density at radius 3 is 2.30 bits per heavy atom. The lowest BCUT2D eigenvalue weighted by molar-refractivity contribution is 0.601. The summed E-state index contributed by atoms with van der Waals surface area (Å²) in [6.45, 7) is 0. The lowest BCUT2D eigenvalue weighted by atomic mass is 10.2. The van der Waals surface area contributed by atoms with Crippen molar-refractivity contribution in [1.29, 1.82) is 0 Å². The first-order chi connectivity index (χ1) is 13.1. The van der Waals surface area contributed by atoms with Crippen LogP contribution >= 0.6 is 11.3 Å². The fraction of sp³-hybridized carbons (Fsp3) is 0. The van der Waals surface area contributed by atoms with Gasteiger partial charge in [-0.3, -0.25) is 14.7 Å². The Bertz CT molecular complexity index is 1090. The number of para-hydroxylation sites is 1. The number of nitrogens with one attached hydrogen (secondary N) is 2. The average molecular weight is 397 g/mol. The van der Waals surface area contributed by atoms with Crippen molar-refractivity contribution in [3.8, 4) is 0 Å².